The summed E-state index contributed by atoms with van der Waals surface area (Å²) in [5, 5.41) is 9.63. The van der Waals surface area contributed by atoms with Gasteiger partial charge in [0.2, 0.25) is 0 Å². The van der Waals surface area contributed by atoms with Gasteiger partial charge in [0.15, 0.2) is 11.0 Å². The maximum Gasteiger partial charge on any atom is 0.192 e. The zero-order chi connectivity index (χ0) is 18.4. The number of nitrogens with zero attached hydrogens (tertiary/aromatic N) is 3. The molecule has 0 saturated heterocycles. The summed E-state index contributed by atoms with van der Waals surface area (Å²) in [6.07, 6.45) is 1.85. The monoisotopic (exact) mass is 367 g/mol. The van der Waals surface area contributed by atoms with Crippen LogP contribution in [0.2, 0.25) is 0 Å². The van der Waals surface area contributed by atoms with E-state index >= 15 is 0 Å². The molecule has 0 saturated carbocycles. The first-order chi connectivity index (χ1) is 12.7. The van der Waals surface area contributed by atoms with Crippen LogP contribution in [0.3, 0.4) is 0 Å². The molecule has 2 aromatic carbocycles. The van der Waals surface area contributed by atoms with Crippen LogP contribution >= 0.6 is 11.8 Å². The third-order valence-electron chi connectivity index (χ3n) is 3.88. The molecule has 1 aromatic heterocycles. The van der Waals surface area contributed by atoms with Crippen molar-refractivity contribution in [2.24, 2.45) is 0 Å². The fourth-order valence-electron chi connectivity index (χ4n) is 2.53. The largest absolute Gasteiger partial charge is 0.497 e. The van der Waals surface area contributed by atoms with Gasteiger partial charge >= 0.3 is 0 Å². The van der Waals surface area contributed by atoms with Crippen LogP contribution in [-0.4, -0.2) is 29.0 Å². The first-order valence-electron chi connectivity index (χ1n) is 8.19. The normalized spacial score (nSPS) is 10.5. The Morgan fingerprint density at radius 1 is 1.04 bits per heavy atom. The summed E-state index contributed by atoms with van der Waals surface area (Å²) >= 11 is 1.65. The lowest BCUT2D eigenvalue weighted by Crippen LogP contribution is -2.01. The summed E-state index contributed by atoms with van der Waals surface area (Å²) in [5.74, 6) is 3.26. The molecule has 0 aliphatic rings. The van der Waals surface area contributed by atoms with Crippen molar-refractivity contribution in [2.75, 3.05) is 14.2 Å². The van der Waals surface area contributed by atoms with Crippen molar-refractivity contribution >= 4 is 11.8 Å². The molecular weight excluding hydrogens is 346 g/mol. The Morgan fingerprint density at radius 2 is 1.81 bits per heavy atom. The van der Waals surface area contributed by atoms with Gasteiger partial charge in [-0.3, -0.25) is 4.57 Å². The molecule has 26 heavy (non-hydrogen) atoms. The number of hydrogen-bond acceptors (Lipinski definition) is 5. The lowest BCUT2D eigenvalue weighted by molar-refractivity contribution is 0.414. The fraction of sp³-hybridized carbons (Fsp3) is 0.200. The predicted octanol–water partition coefficient (Wildman–Crippen LogP) is 4.44. The Kier molecular flexibility index (Phi) is 5.96. The first-order valence-corrected chi connectivity index (χ1v) is 9.18. The molecule has 5 nitrogen and oxygen atoms in total. The zero-order valence-corrected chi connectivity index (χ0v) is 15.7. The van der Waals surface area contributed by atoms with Crippen LogP contribution < -0.4 is 9.47 Å². The highest BCUT2D eigenvalue weighted by atomic mass is 32.2. The smallest absolute Gasteiger partial charge is 0.192 e. The molecule has 3 aromatic rings. The van der Waals surface area contributed by atoms with Crippen LogP contribution in [-0.2, 0) is 12.3 Å². The molecule has 3 rings (SSSR count). The van der Waals surface area contributed by atoms with E-state index in [0.29, 0.717) is 6.54 Å². The molecule has 0 aliphatic carbocycles. The molecular formula is C20H21N3O2S. The van der Waals surface area contributed by atoms with E-state index in [0.717, 1.165) is 33.8 Å². The quantitative estimate of drug-likeness (QED) is 0.435. The summed E-state index contributed by atoms with van der Waals surface area (Å²) in [7, 11) is 3.32. The second-order valence-corrected chi connectivity index (χ2v) is 6.52. The Balaban J connectivity index is 1.82. The number of rotatable bonds is 8. The lowest BCUT2D eigenvalue weighted by Gasteiger charge is -2.09. The van der Waals surface area contributed by atoms with Gasteiger partial charge < -0.3 is 9.47 Å². The topological polar surface area (TPSA) is 49.2 Å². The number of benzene rings is 2. The van der Waals surface area contributed by atoms with E-state index in [9.17, 15) is 0 Å². The van der Waals surface area contributed by atoms with Crippen molar-refractivity contribution in [3.63, 3.8) is 0 Å². The summed E-state index contributed by atoms with van der Waals surface area (Å²) in [4.78, 5) is 0. The zero-order valence-electron chi connectivity index (χ0n) is 14.9. The van der Waals surface area contributed by atoms with Crippen molar-refractivity contribution in [1.82, 2.24) is 14.8 Å². The van der Waals surface area contributed by atoms with Crippen molar-refractivity contribution in [3.05, 3.63) is 66.7 Å². The molecule has 6 heteroatoms. The van der Waals surface area contributed by atoms with Gasteiger partial charge in [-0.1, -0.05) is 42.1 Å². The highest BCUT2D eigenvalue weighted by molar-refractivity contribution is 7.98. The minimum atomic E-state index is 0.643. The van der Waals surface area contributed by atoms with Gasteiger partial charge in [0.1, 0.15) is 11.5 Å². The van der Waals surface area contributed by atoms with Gasteiger partial charge in [-0.25, -0.2) is 0 Å². The maximum atomic E-state index is 5.31. The van der Waals surface area contributed by atoms with E-state index in [2.05, 4.69) is 33.5 Å². The minimum absolute atomic E-state index is 0.643. The number of hydrogen-bond donors (Lipinski definition) is 0. The van der Waals surface area contributed by atoms with Crippen molar-refractivity contribution < 1.29 is 9.47 Å². The van der Waals surface area contributed by atoms with Crippen molar-refractivity contribution in [2.45, 2.75) is 17.5 Å². The number of aromatic nitrogens is 3. The lowest BCUT2D eigenvalue weighted by atomic mass is 10.2. The molecule has 0 unspecified atom stereocenters. The van der Waals surface area contributed by atoms with E-state index in [1.54, 1.807) is 26.0 Å². The van der Waals surface area contributed by atoms with Gasteiger partial charge in [-0.15, -0.1) is 16.8 Å². The number of allylic oxidation sites excluding steroid dienone is 1. The third kappa shape index (κ3) is 4.08. The number of methoxy groups -OCH3 is 2. The first kappa shape index (κ1) is 18.1. The number of ether oxygens (including phenoxy) is 2. The molecule has 0 fully saturated rings. The van der Waals surface area contributed by atoms with Gasteiger partial charge in [-0.05, 0) is 29.8 Å². The SMILES string of the molecule is C=CCn1c(SCc2ccc(OC)cc2)nnc1-c1cccc(OC)c1. The van der Waals surface area contributed by atoms with Crippen LogP contribution in [0.25, 0.3) is 11.4 Å². The van der Waals surface area contributed by atoms with Gasteiger partial charge in [-0.2, -0.15) is 0 Å². The Bertz CT molecular complexity index is 875. The van der Waals surface area contributed by atoms with Crippen LogP contribution in [0.4, 0.5) is 0 Å². The van der Waals surface area contributed by atoms with E-state index in [-0.39, 0.29) is 0 Å². The summed E-state index contributed by atoms with van der Waals surface area (Å²) in [6, 6.07) is 15.9. The molecule has 0 amide bonds. The van der Waals surface area contributed by atoms with Crippen LogP contribution in [0.1, 0.15) is 5.56 Å². The number of thioether (sulfide) groups is 1. The Morgan fingerprint density at radius 3 is 2.50 bits per heavy atom. The molecule has 0 bridgehead atoms. The predicted molar refractivity (Wildman–Crippen MR) is 105 cm³/mol. The summed E-state index contributed by atoms with van der Waals surface area (Å²) in [6.45, 7) is 4.50. The van der Waals surface area contributed by atoms with E-state index < -0.39 is 0 Å². The minimum Gasteiger partial charge on any atom is -0.497 e. The van der Waals surface area contributed by atoms with E-state index in [4.69, 9.17) is 9.47 Å². The molecule has 134 valence electrons. The van der Waals surface area contributed by atoms with Crippen LogP contribution in [0, 0.1) is 0 Å². The molecule has 1 heterocycles. The molecule has 0 radical (unpaired) electrons. The van der Waals surface area contributed by atoms with Crippen LogP contribution in [0.15, 0.2) is 66.3 Å². The van der Waals surface area contributed by atoms with Crippen molar-refractivity contribution in [1.29, 1.82) is 0 Å². The van der Waals surface area contributed by atoms with Crippen molar-refractivity contribution in [3.8, 4) is 22.9 Å². The second-order valence-electron chi connectivity index (χ2n) is 5.57. The summed E-state index contributed by atoms with van der Waals surface area (Å²) in [5.41, 5.74) is 2.17. The van der Waals surface area contributed by atoms with Gasteiger partial charge in [0, 0.05) is 17.9 Å². The van der Waals surface area contributed by atoms with Crippen LogP contribution in [0.5, 0.6) is 11.5 Å². The molecule has 0 spiro atoms. The van der Waals surface area contributed by atoms with E-state index in [1.165, 1.54) is 5.56 Å². The van der Waals surface area contributed by atoms with Gasteiger partial charge in [0.05, 0.1) is 14.2 Å². The average Bonchev–Trinajstić information content (AvgIpc) is 3.10. The standard InChI is InChI=1S/C20H21N3O2S/c1-4-12-23-19(16-6-5-7-18(13-16)25-3)21-22-20(23)26-14-15-8-10-17(24-2)11-9-15/h4-11,13H,1,12,14H2,2-3H3. The maximum absolute atomic E-state index is 5.31. The summed E-state index contributed by atoms with van der Waals surface area (Å²) < 4.78 is 12.6. The third-order valence-corrected chi connectivity index (χ3v) is 4.92. The fourth-order valence-corrected chi connectivity index (χ4v) is 3.44. The molecule has 0 N–H and O–H groups in total. The highest BCUT2D eigenvalue weighted by Gasteiger charge is 2.14. The average molecular weight is 367 g/mol. The molecule has 0 aliphatic heterocycles. The molecule has 0 atom stereocenters. The van der Waals surface area contributed by atoms with E-state index in [1.807, 2.05) is 42.5 Å². The Hall–Kier alpha value is -2.73. The second kappa shape index (κ2) is 8.58. The highest BCUT2D eigenvalue weighted by Crippen LogP contribution is 2.28. The van der Waals surface area contributed by atoms with Gasteiger partial charge in [0.25, 0.3) is 0 Å². The Labute approximate surface area is 157 Å².